The zero-order valence-electron chi connectivity index (χ0n) is 8.49. The van der Waals surface area contributed by atoms with Crippen LogP contribution in [0.25, 0.3) is 0 Å². The second kappa shape index (κ2) is 2.63. The highest BCUT2D eigenvalue weighted by molar-refractivity contribution is 5.37. The Kier molecular flexibility index (Phi) is 1.61. The van der Waals surface area contributed by atoms with Gasteiger partial charge in [-0.1, -0.05) is 12.2 Å². The van der Waals surface area contributed by atoms with Crippen LogP contribution in [0.2, 0.25) is 0 Å². The smallest absolute Gasteiger partial charge is 0.100 e. The molecule has 1 aliphatic heterocycles. The van der Waals surface area contributed by atoms with Gasteiger partial charge in [0.15, 0.2) is 0 Å². The molecule has 2 nitrogen and oxygen atoms in total. The van der Waals surface area contributed by atoms with Crippen molar-refractivity contribution >= 4 is 0 Å². The van der Waals surface area contributed by atoms with Crippen LogP contribution in [0, 0.1) is 11.3 Å². The third-order valence-corrected chi connectivity index (χ3v) is 4.00. The Morgan fingerprint density at radius 2 is 2.36 bits per heavy atom. The molecule has 0 aromatic rings. The van der Waals surface area contributed by atoms with Crippen LogP contribution < -0.4 is 0 Å². The maximum Gasteiger partial charge on any atom is 0.100 e. The zero-order valence-corrected chi connectivity index (χ0v) is 8.49. The summed E-state index contributed by atoms with van der Waals surface area (Å²) >= 11 is 0. The molecule has 0 aromatic heterocycles. The van der Waals surface area contributed by atoms with Gasteiger partial charge in [0, 0.05) is 17.8 Å². The number of aliphatic hydroxyl groups excluding tert-OH is 1. The van der Waals surface area contributed by atoms with E-state index in [4.69, 9.17) is 4.74 Å². The van der Waals surface area contributed by atoms with Gasteiger partial charge in [0.2, 0.25) is 0 Å². The fourth-order valence-electron chi connectivity index (χ4n) is 3.18. The second-order valence-corrected chi connectivity index (χ2v) is 4.83. The van der Waals surface area contributed by atoms with E-state index in [9.17, 15) is 5.11 Å². The largest absolute Gasteiger partial charge is 0.497 e. The first-order valence-corrected chi connectivity index (χ1v) is 5.44. The summed E-state index contributed by atoms with van der Waals surface area (Å²) in [5, 5.41) is 10.1. The highest BCUT2D eigenvalue weighted by Gasteiger charge is 2.47. The van der Waals surface area contributed by atoms with Gasteiger partial charge >= 0.3 is 0 Å². The van der Waals surface area contributed by atoms with E-state index in [2.05, 4.69) is 19.1 Å². The Bertz CT molecular complexity index is 329. The van der Waals surface area contributed by atoms with Crippen molar-refractivity contribution in [2.24, 2.45) is 11.3 Å². The summed E-state index contributed by atoms with van der Waals surface area (Å²) in [4.78, 5) is 0. The first-order chi connectivity index (χ1) is 6.72. The molecule has 1 N–H and O–H groups in total. The SMILES string of the molecule is CC12C=CCC3=C1C(CCC2O)CO3. The summed E-state index contributed by atoms with van der Waals surface area (Å²) in [6.07, 6.45) is 7.01. The van der Waals surface area contributed by atoms with E-state index in [1.165, 1.54) is 5.57 Å². The number of aliphatic hydroxyl groups is 1. The van der Waals surface area contributed by atoms with Gasteiger partial charge in [0.05, 0.1) is 12.7 Å². The summed E-state index contributed by atoms with van der Waals surface area (Å²) in [6.45, 7) is 2.98. The molecule has 0 saturated heterocycles. The highest BCUT2D eigenvalue weighted by Crippen LogP contribution is 2.52. The molecule has 0 amide bonds. The monoisotopic (exact) mass is 192 g/mol. The number of hydrogen-bond donors (Lipinski definition) is 1. The van der Waals surface area contributed by atoms with E-state index in [0.717, 1.165) is 31.6 Å². The molecule has 3 aliphatic rings. The van der Waals surface area contributed by atoms with Crippen molar-refractivity contribution in [3.05, 3.63) is 23.5 Å². The predicted molar refractivity (Wildman–Crippen MR) is 53.6 cm³/mol. The lowest BCUT2D eigenvalue weighted by Crippen LogP contribution is -2.40. The second-order valence-electron chi connectivity index (χ2n) is 4.83. The zero-order chi connectivity index (χ0) is 9.76. The summed E-state index contributed by atoms with van der Waals surface area (Å²) in [6, 6.07) is 0. The van der Waals surface area contributed by atoms with Gasteiger partial charge in [0.1, 0.15) is 5.76 Å². The van der Waals surface area contributed by atoms with Crippen LogP contribution in [-0.2, 0) is 4.74 Å². The van der Waals surface area contributed by atoms with Gasteiger partial charge in [-0.05, 0) is 25.3 Å². The van der Waals surface area contributed by atoms with Crippen molar-refractivity contribution in [1.29, 1.82) is 0 Å². The lowest BCUT2D eigenvalue weighted by molar-refractivity contribution is 0.0519. The molecule has 3 unspecified atom stereocenters. The molecule has 0 aromatic carbocycles. The Hall–Kier alpha value is -0.760. The molecule has 0 bridgehead atoms. The summed E-state index contributed by atoms with van der Waals surface area (Å²) < 4.78 is 5.70. The molecule has 3 atom stereocenters. The topological polar surface area (TPSA) is 29.5 Å². The standard InChI is InChI=1S/C12H16O2/c1-12-6-2-3-9-11(12)8(7-14-9)4-5-10(12)13/h2,6,8,10,13H,3-5,7H2,1H3. The molecular weight excluding hydrogens is 176 g/mol. The van der Waals surface area contributed by atoms with E-state index in [0.29, 0.717) is 5.92 Å². The molecule has 3 rings (SSSR count). The third kappa shape index (κ3) is 0.897. The van der Waals surface area contributed by atoms with Crippen molar-refractivity contribution in [1.82, 2.24) is 0 Å². The fraction of sp³-hybridized carbons (Fsp3) is 0.667. The quantitative estimate of drug-likeness (QED) is 0.595. The lowest BCUT2D eigenvalue weighted by Gasteiger charge is -2.41. The van der Waals surface area contributed by atoms with E-state index >= 15 is 0 Å². The van der Waals surface area contributed by atoms with Crippen molar-refractivity contribution in [2.75, 3.05) is 6.61 Å². The average molecular weight is 192 g/mol. The van der Waals surface area contributed by atoms with Gasteiger partial charge in [0.25, 0.3) is 0 Å². The van der Waals surface area contributed by atoms with Gasteiger partial charge in [-0.15, -0.1) is 0 Å². The summed E-state index contributed by atoms with van der Waals surface area (Å²) in [7, 11) is 0. The van der Waals surface area contributed by atoms with Crippen molar-refractivity contribution in [3.8, 4) is 0 Å². The minimum absolute atomic E-state index is 0.132. The molecule has 0 spiro atoms. The number of allylic oxidation sites excluding steroid dienone is 1. The molecule has 0 radical (unpaired) electrons. The van der Waals surface area contributed by atoms with Crippen LogP contribution in [0.3, 0.4) is 0 Å². The van der Waals surface area contributed by atoms with Crippen LogP contribution in [-0.4, -0.2) is 17.8 Å². The van der Waals surface area contributed by atoms with E-state index < -0.39 is 0 Å². The Labute approximate surface area is 84.3 Å². The molecule has 1 saturated carbocycles. The van der Waals surface area contributed by atoms with Crippen LogP contribution in [0.4, 0.5) is 0 Å². The van der Waals surface area contributed by atoms with Gasteiger partial charge < -0.3 is 9.84 Å². The minimum Gasteiger partial charge on any atom is -0.497 e. The Morgan fingerprint density at radius 3 is 3.21 bits per heavy atom. The maximum absolute atomic E-state index is 10.1. The molecule has 76 valence electrons. The van der Waals surface area contributed by atoms with Gasteiger partial charge in [-0.2, -0.15) is 0 Å². The Balaban J connectivity index is 2.11. The molecule has 1 fully saturated rings. The normalized spacial score (nSPS) is 45.0. The third-order valence-electron chi connectivity index (χ3n) is 4.00. The van der Waals surface area contributed by atoms with Crippen LogP contribution in [0.5, 0.6) is 0 Å². The first-order valence-electron chi connectivity index (χ1n) is 5.44. The number of ether oxygens (including phenoxy) is 1. The van der Waals surface area contributed by atoms with E-state index in [-0.39, 0.29) is 11.5 Å². The molecule has 2 aliphatic carbocycles. The highest BCUT2D eigenvalue weighted by atomic mass is 16.5. The van der Waals surface area contributed by atoms with Crippen molar-refractivity contribution < 1.29 is 9.84 Å². The number of rotatable bonds is 0. The predicted octanol–water partition coefficient (Wildman–Crippen LogP) is 2.01. The molecule has 1 heterocycles. The molecular formula is C12H16O2. The van der Waals surface area contributed by atoms with Crippen LogP contribution in [0.15, 0.2) is 23.5 Å². The van der Waals surface area contributed by atoms with Crippen LogP contribution in [0.1, 0.15) is 26.2 Å². The summed E-state index contributed by atoms with van der Waals surface area (Å²) in [5.41, 5.74) is 1.26. The number of hydrogen-bond acceptors (Lipinski definition) is 2. The van der Waals surface area contributed by atoms with E-state index in [1.807, 2.05) is 0 Å². The van der Waals surface area contributed by atoms with Crippen molar-refractivity contribution in [3.63, 3.8) is 0 Å². The fourth-order valence-corrected chi connectivity index (χ4v) is 3.18. The summed E-state index contributed by atoms with van der Waals surface area (Å²) in [5.74, 6) is 1.71. The van der Waals surface area contributed by atoms with Crippen LogP contribution >= 0.6 is 0 Å². The maximum atomic E-state index is 10.1. The lowest BCUT2D eigenvalue weighted by atomic mass is 9.63. The minimum atomic E-state index is -0.220. The first kappa shape index (κ1) is 8.54. The Morgan fingerprint density at radius 1 is 1.50 bits per heavy atom. The van der Waals surface area contributed by atoms with Gasteiger partial charge in [-0.3, -0.25) is 0 Å². The van der Waals surface area contributed by atoms with Crippen molar-refractivity contribution in [2.45, 2.75) is 32.3 Å². The van der Waals surface area contributed by atoms with E-state index in [1.54, 1.807) is 0 Å². The average Bonchev–Trinajstić information content (AvgIpc) is 2.58. The molecule has 14 heavy (non-hydrogen) atoms. The van der Waals surface area contributed by atoms with Gasteiger partial charge in [-0.25, -0.2) is 0 Å². The molecule has 2 heteroatoms.